The lowest BCUT2D eigenvalue weighted by Gasteiger charge is -2.29. The van der Waals surface area contributed by atoms with Crippen LogP contribution < -0.4 is 10.9 Å². The van der Waals surface area contributed by atoms with Gasteiger partial charge in [-0.15, -0.1) is 0 Å². The van der Waals surface area contributed by atoms with Crippen molar-refractivity contribution in [3.8, 4) is 5.69 Å². The van der Waals surface area contributed by atoms with Crippen molar-refractivity contribution in [2.75, 3.05) is 0 Å². The lowest BCUT2D eigenvalue weighted by atomic mass is 9.85. The first-order valence-electron chi connectivity index (χ1n) is 10.9. The Hall–Kier alpha value is -3.08. The first-order chi connectivity index (χ1) is 14.7. The Labute approximate surface area is 183 Å². The van der Waals surface area contributed by atoms with Crippen molar-refractivity contribution in [1.29, 1.82) is 0 Å². The van der Waals surface area contributed by atoms with E-state index < -0.39 is 17.7 Å². The summed E-state index contributed by atoms with van der Waals surface area (Å²) in [5.74, 6) is 0. The van der Waals surface area contributed by atoms with Gasteiger partial charge in [0.05, 0.1) is 17.1 Å². The maximum Gasteiger partial charge on any atom is 0.408 e. The fraction of sp³-hybridized carbons (Fsp3) is 0.385. The average molecular weight is 419 g/mol. The largest absolute Gasteiger partial charge is 0.444 e. The van der Waals surface area contributed by atoms with Crippen LogP contribution in [0, 0.1) is 6.92 Å². The molecule has 2 aromatic carbocycles. The number of amides is 1. The van der Waals surface area contributed by atoms with Crippen molar-refractivity contribution in [3.63, 3.8) is 0 Å². The molecule has 1 aromatic heterocycles. The highest BCUT2D eigenvalue weighted by molar-refractivity contribution is 5.92. The Morgan fingerprint density at radius 2 is 1.77 bits per heavy atom. The molecule has 0 aliphatic heterocycles. The minimum Gasteiger partial charge on any atom is -0.444 e. The molecule has 0 bridgehead atoms. The van der Waals surface area contributed by atoms with E-state index in [9.17, 15) is 9.59 Å². The number of aromatic nitrogens is 1. The van der Waals surface area contributed by atoms with E-state index >= 15 is 0 Å². The van der Waals surface area contributed by atoms with Crippen LogP contribution in [-0.2, 0) is 17.6 Å². The number of nitrogens with zero attached hydrogens (tertiary/aromatic N) is 1. The summed E-state index contributed by atoms with van der Waals surface area (Å²) in [6.45, 7) is 9.44. The quantitative estimate of drug-likeness (QED) is 0.622. The number of rotatable bonds is 3. The molecule has 0 unspecified atom stereocenters. The number of carbonyl (C=O) groups excluding carboxylic acids is 1. The Morgan fingerprint density at radius 3 is 2.45 bits per heavy atom. The van der Waals surface area contributed by atoms with Gasteiger partial charge in [-0.25, -0.2) is 4.79 Å². The summed E-state index contributed by atoms with van der Waals surface area (Å²) in [5, 5.41) is 4.81. The van der Waals surface area contributed by atoms with Crippen LogP contribution in [0.2, 0.25) is 0 Å². The van der Waals surface area contributed by atoms with Crippen LogP contribution in [0.4, 0.5) is 4.79 Å². The van der Waals surface area contributed by atoms with Gasteiger partial charge in [-0.2, -0.15) is 0 Å². The van der Waals surface area contributed by atoms with Gasteiger partial charge in [0.1, 0.15) is 5.60 Å². The molecule has 31 heavy (non-hydrogen) atoms. The number of aryl methyl sites for hydroxylation is 3. The average Bonchev–Trinajstić information content (AvgIpc) is 2.70. The summed E-state index contributed by atoms with van der Waals surface area (Å²) in [7, 11) is 0. The smallest absolute Gasteiger partial charge is 0.408 e. The van der Waals surface area contributed by atoms with E-state index in [2.05, 4.69) is 11.4 Å². The predicted octanol–water partition coefficient (Wildman–Crippen LogP) is 5.37. The predicted molar refractivity (Wildman–Crippen MR) is 124 cm³/mol. The van der Waals surface area contributed by atoms with Crippen molar-refractivity contribution in [1.82, 2.24) is 9.88 Å². The zero-order valence-electron chi connectivity index (χ0n) is 18.9. The molecule has 0 radical (unpaired) electrons. The summed E-state index contributed by atoms with van der Waals surface area (Å²) in [6.07, 6.45) is 2.37. The van der Waals surface area contributed by atoms with Crippen LogP contribution in [0.3, 0.4) is 0 Å². The highest BCUT2D eigenvalue weighted by atomic mass is 16.6. The van der Waals surface area contributed by atoms with Crippen molar-refractivity contribution in [3.05, 3.63) is 75.2 Å². The van der Waals surface area contributed by atoms with Gasteiger partial charge in [-0.05, 0) is 88.1 Å². The van der Waals surface area contributed by atoms with Crippen molar-refractivity contribution < 1.29 is 9.53 Å². The third-order valence-electron chi connectivity index (χ3n) is 5.80. The van der Waals surface area contributed by atoms with E-state index in [1.54, 1.807) is 4.57 Å². The summed E-state index contributed by atoms with van der Waals surface area (Å²) in [5.41, 5.74) is 4.34. The fourth-order valence-electron chi connectivity index (χ4n) is 4.61. The zero-order valence-corrected chi connectivity index (χ0v) is 18.9. The monoisotopic (exact) mass is 418 g/mol. The van der Waals surface area contributed by atoms with Crippen LogP contribution in [0.25, 0.3) is 16.5 Å². The van der Waals surface area contributed by atoms with Crippen molar-refractivity contribution >= 4 is 16.9 Å². The second-order valence-electron chi connectivity index (χ2n) is 9.35. The Balaban J connectivity index is 1.98. The molecule has 0 fully saturated rings. The van der Waals surface area contributed by atoms with E-state index in [0.717, 1.165) is 52.5 Å². The van der Waals surface area contributed by atoms with E-state index in [1.165, 1.54) is 5.56 Å². The van der Waals surface area contributed by atoms with Crippen LogP contribution in [-0.4, -0.2) is 16.3 Å². The molecular weight excluding hydrogens is 388 g/mol. The number of alkyl carbamates (subject to hydrolysis) is 1. The molecule has 1 aliphatic rings. The maximum absolute atomic E-state index is 13.9. The van der Waals surface area contributed by atoms with Gasteiger partial charge in [0.25, 0.3) is 5.56 Å². The van der Waals surface area contributed by atoms with Crippen LogP contribution in [0.1, 0.15) is 62.5 Å². The number of hydrogen-bond acceptors (Lipinski definition) is 3. The fourth-order valence-corrected chi connectivity index (χ4v) is 4.61. The van der Waals surface area contributed by atoms with E-state index in [1.807, 2.05) is 71.0 Å². The maximum atomic E-state index is 13.9. The summed E-state index contributed by atoms with van der Waals surface area (Å²) in [4.78, 5) is 26.4. The van der Waals surface area contributed by atoms with E-state index in [0.29, 0.717) is 0 Å². The first-order valence-corrected chi connectivity index (χ1v) is 10.9. The summed E-state index contributed by atoms with van der Waals surface area (Å²) < 4.78 is 7.27. The molecule has 0 saturated carbocycles. The SMILES string of the molecule is Cc1ccc2c3c(c([C@H](C)NC(=O)OC(C)(C)C)n(-c4ccccc4)c(=O)c13)CCC2. The minimum atomic E-state index is -0.592. The lowest BCUT2D eigenvalue weighted by Crippen LogP contribution is -2.37. The zero-order chi connectivity index (χ0) is 22.3. The molecule has 1 aliphatic carbocycles. The molecular formula is C26H30N2O3. The molecule has 0 saturated heterocycles. The molecule has 4 rings (SSSR count). The summed E-state index contributed by atoms with van der Waals surface area (Å²) >= 11 is 0. The van der Waals surface area contributed by atoms with Gasteiger partial charge in [0, 0.05) is 5.69 Å². The molecule has 0 spiro atoms. The Morgan fingerprint density at radius 1 is 1.06 bits per heavy atom. The second kappa shape index (κ2) is 7.88. The van der Waals surface area contributed by atoms with E-state index in [-0.39, 0.29) is 5.56 Å². The second-order valence-corrected chi connectivity index (χ2v) is 9.35. The van der Waals surface area contributed by atoms with Crippen molar-refractivity contribution in [2.24, 2.45) is 0 Å². The molecule has 1 heterocycles. The highest BCUT2D eigenvalue weighted by Crippen LogP contribution is 2.35. The van der Waals surface area contributed by atoms with Gasteiger partial charge in [-0.1, -0.05) is 30.3 Å². The Kier molecular flexibility index (Phi) is 5.38. The van der Waals surface area contributed by atoms with Gasteiger partial charge >= 0.3 is 6.09 Å². The minimum absolute atomic E-state index is 0.0426. The van der Waals surface area contributed by atoms with Gasteiger partial charge in [-0.3, -0.25) is 9.36 Å². The Bertz CT molecular complexity index is 1200. The molecule has 3 aromatic rings. The molecule has 1 atom stereocenters. The molecule has 1 N–H and O–H groups in total. The molecule has 162 valence electrons. The first kappa shape index (κ1) is 21.2. The van der Waals surface area contributed by atoms with Crippen LogP contribution >= 0.6 is 0 Å². The number of para-hydroxylation sites is 1. The lowest BCUT2D eigenvalue weighted by molar-refractivity contribution is 0.0506. The van der Waals surface area contributed by atoms with Crippen molar-refractivity contribution in [2.45, 2.75) is 65.5 Å². The number of pyridine rings is 1. The number of nitrogens with one attached hydrogen (secondary N) is 1. The van der Waals surface area contributed by atoms with Gasteiger partial charge < -0.3 is 10.1 Å². The molecule has 5 heteroatoms. The van der Waals surface area contributed by atoms with Crippen LogP contribution in [0.5, 0.6) is 0 Å². The number of hydrogen-bond donors (Lipinski definition) is 1. The highest BCUT2D eigenvalue weighted by Gasteiger charge is 2.28. The molecule has 5 nitrogen and oxygen atoms in total. The summed E-state index contributed by atoms with van der Waals surface area (Å²) in [6, 6.07) is 13.5. The van der Waals surface area contributed by atoms with E-state index in [4.69, 9.17) is 4.74 Å². The third kappa shape index (κ3) is 3.97. The normalized spacial score (nSPS) is 14.4. The standard InChI is InChI=1S/C26H30N2O3/c1-16-14-15-18-10-9-13-20-22(18)21(16)24(29)28(19-11-7-6-8-12-19)23(20)17(2)27-25(30)31-26(3,4)5/h6-8,11-12,14-15,17H,9-10,13H2,1-5H3,(H,27,30)/t17-/m0/s1. The van der Waals surface area contributed by atoms with Crippen LogP contribution in [0.15, 0.2) is 47.3 Å². The number of benzene rings is 2. The third-order valence-corrected chi connectivity index (χ3v) is 5.80. The van der Waals surface area contributed by atoms with Gasteiger partial charge in [0.15, 0.2) is 0 Å². The number of ether oxygens (including phenoxy) is 1. The number of carbonyl (C=O) groups is 1. The topological polar surface area (TPSA) is 60.3 Å². The van der Waals surface area contributed by atoms with Gasteiger partial charge in [0.2, 0.25) is 0 Å². The molecule has 1 amide bonds.